The Kier molecular flexibility index (Phi) is 3.35. The second-order valence-corrected chi connectivity index (χ2v) is 5.23. The fourth-order valence-corrected chi connectivity index (χ4v) is 2.86. The number of thiazole rings is 1. The highest BCUT2D eigenvalue weighted by molar-refractivity contribution is 7.19. The van der Waals surface area contributed by atoms with Gasteiger partial charge in [0.25, 0.3) is 0 Å². The van der Waals surface area contributed by atoms with E-state index in [1.165, 1.54) is 11.3 Å². The summed E-state index contributed by atoms with van der Waals surface area (Å²) in [5.41, 5.74) is 8.81. The molecule has 0 saturated carbocycles. The lowest BCUT2D eigenvalue weighted by Crippen LogP contribution is -1.87. The number of nitrogens with two attached hydrogens (primary N) is 1. The summed E-state index contributed by atoms with van der Waals surface area (Å²) in [6.07, 6.45) is 3.53. The summed E-state index contributed by atoms with van der Waals surface area (Å²) in [6.45, 7) is 0. The lowest BCUT2D eigenvalue weighted by Gasteiger charge is -2.04. The molecule has 1 aromatic carbocycles. The maximum Gasteiger partial charge on any atom is 0.181 e. The molecule has 2 aromatic heterocycles. The van der Waals surface area contributed by atoms with Crippen LogP contribution in [0.1, 0.15) is 0 Å². The molecule has 3 aromatic rings. The number of anilines is 1. The highest BCUT2D eigenvalue weighted by Gasteiger charge is 2.14. The van der Waals surface area contributed by atoms with Crippen LogP contribution in [0, 0.1) is 0 Å². The Hall–Kier alpha value is -2.40. The fourth-order valence-electron chi connectivity index (χ4n) is 2.00. The van der Waals surface area contributed by atoms with Crippen molar-refractivity contribution in [3.8, 4) is 27.4 Å². The lowest BCUT2D eigenvalue weighted by molar-refractivity contribution is 0.415. The van der Waals surface area contributed by atoms with Crippen molar-refractivity contribution in [1.29, 1.82) is 0 Å². The van der Waals surface area contributed by atoms with E-state index in [4.69, 9.17) is 10.5 Å². The summed E-state index contributed by atoms with van der Waals surface area (Å²) in [6, 6.07) is 11.7. The highest BCUT2D eigenvalue weighted by Crippen LogP contribution is 2.38. The molecule has 5 heteroatoms. The van der Waals surface area contributed by atoms with Crippen molar-refractivity contribution in [2.45, 2.75) is 0 Å². The van der Waals surface area contributed by atoms with E-state index in [9.17, 15) is 0 Å². The van der Waals surface area contributed by atoms with Crippen LogP contribution in [0.5, 0.6) is 5.75 Å². The smallest absolute Gasteiger partial charge is 0.181 e. The van der Waals surface area contributed by atoms with E-state index >= 15 is 0 Å². The maximum absolute atomic E-state index is 5.89. The summed E-state index contributed by atoms with van der Waals surface area (Å²) in [7, 11) is 1.65. The van der Waals surface area contributed by atoms with Crippen molar-refractivity contribution in [3.63, 3.8) is 0 Å². The van der Waals surface area contributed by atoms with Crippen LogP contribution in [-0.2, 0) is 0 Å². The quantitative estimate of drug-likeness (QED) is 0.799. The molecule has 0 bridgehead atoms. The molecule has 0 aliphatic heterocycles. The third-order valence-corrected chi connectivity index (χ3v) is 3.86. The lowest BCUT2D eigenvalue weighted by atomic mass is 10.1. The van der Waals surface area contributed by atoms with Gasteiger partial charge in [0.1, 0.15) is 5.75 Å². The Labute approximate surface area is 120 Å². The van der Waals surface area contributed by atoms with Gasteiger partial charge >= 0.3 is 0 Å². The molecule has 0 spiro atoms. The molecule has 0 aliphatic rings. The molecule has 100 valence electrons. The van der Waals surface area contributed by atoms with Crippen LogP contribution in [0.25, 0.3) is 21.7 Å². The van der Waals surface area contributed by atoms with Crippen LogP contribution in [0.4, 0.5) is 5.13 Å². The first kappa shape index (κ1) is 12.6. The Balaban J connectivity index is 2.14. The minimum atomic E-state index is 0.551. The van der Waals surface area contributed by atoms with E-state index in [0.29, 0.717) is 5.13 Å². The highest BCUT2D eigenvalue weighted by atomic mass is 32.1. The second kappa shape index (κ2) is 5.30. The number of methoxy groups -OCH3 is 1. The normalized spacial score (nSPS) is 10.4. The predicted octanol–water partition coefficient (Wildman–Crippen LogP) is 3.46. The van der Waals surface area contributed by atoms with Crippen molar-refractivity contribution in [2.75, 3.05) is 12.8 Å². The zero-order chi connectivity index (χ0) is 13.9. The molecule has 4 nitrogen and oxygen atoms in total. The van der Waals surface area contributed by atoms with E-state index in [1.54, 1.807) is 19.5 Å². The van der Waals surface area contributed by atoms with Crippen LogP contribution in [0.15, 0.2) is 48.8 Å². The van der Waals surface area contributed by atoms with Crippen LogP contribution in [-0.4, -0.2) is 17.1 Å². The molecule has 2 N–H and O–H groups in total. The summed E-state index contributed by atoms with van der Waals surface area (Å²) in [5, 5.41) is 0.551. The minimum absolute atomic E-state index is 0.551. The van der Waals surface area contributed by atoms with E-state index in [0.717, 1.165) is 27.4 Å². The monoisotopic (exact) mass is 283 g/mol. The molecule has 3 rings (SSSR count). The standard InChI is InChI=1S/C15H13N3OS/c1-19-12-4-2-3-11(9-12)13-14(20-15(16)18-13)10-5-7-17-8-6-10/h2-9H,1H3,(H2,16,18). The summed E-state index contributed by atoms with van der Waals surface area (Å²) >= 11 is 1.47. The average Bonchev–Trinajstić information content (AvgIpc) is 2.90. The molecule has 20 heavy (non-hydrogen) atoms. The topological polar surface area (TPSA) is 61.0 Å². The Morgan fingerprint density at radius 1 is 1.10 bits per heavy atom. The number of aromatic nitrogens is 2. The second-order valence-electron chi connectivity index (χ2n) is 4.20. The van der Waals surface area contributed by atoms with Crippen LogP contribution in [0.3, 0.4) is 0 Å². The van der Waals surface area contributed by atoms with E-state index in [1.807, 2.05) is 36.4 Å². The van der Waals surface area contributed by atoms with Crippen molar-refractivity contribution in [1.82, 2.24) is 9.97 Å². The first-order valence-electron chi connectivity index (χ1n) is 6.09. The first-order chi connectivity index (χ1) is 9.78. The van der Waals surface area contributed by atoms with Gasteiger partial charge in [-0.1, -0.05) is 23.5 Å². The number of benzene rings is 1. The van der Waals surface area contributed by atoms with Crippen LogP contribution < -0.4 is 10.5 Å². The molecule has 2 heterocycles. The molecule has 0 amide bonds. The van der Waals surface area contributed by atoms with Crippen molar-refractivity contribution < 1.29 is 4.74 Å². The van der Waals surface area contributed by atoms with Gasteiger partial charge in [-0.05, 0) is 29.8 Å². The molecule has 0 radical (unpaired) electrons. The predicted molar refractivity (Wildman–Crippen MR) is 81.7 cm³/mol. The van der Waals surface area contributed by atoms with Gasteiger partial charge in [0.2, 0.25) is 0 Å². The minimum Gasteiger partial charge on any atom is -0.497 e. The molecule has 0 saturated heterocycles. The van der Waals surface area contributed by atoms with Gasteiger partial charge < -0.3 is 10.5 Å². The molecule has 0 fully saturated rings. The number of nitrogen functional groups attached to an aromatic ring is 1. The van der Waals surface area contributed by atoms with Crippen molar-refractivity contribution in [3.05, 3.63) is 48.8 Å². The van der Waals surface area contributed by atoms with Crippen LogP contribution >= 0.6 is 11.3 Å². The summed E-state index contributed by atoms with van der Waals surface area (Å²) in [4.78, 5) is 9.53. The average molecular weight is 283 g/mol. The van der Waals surface area contributed by atoms with Crippen LogP contribution in [0.2, 0.25) is 0 Å². The fraction of sp³-hybridized carbons (Fsp3) is 0.0667. The van der Waals surface area contributed by atoms with Gasteiger partial charge in [-0.2, -0.15) is 0 Å². The summed E-state index contributed by atoms with van der Waals surface area (Å²) < 4.78 is 5.26. The van der Waals surface area contributed by atoms with E-state index in [-0.39, 0.29) is 0 Å². The van der Waals surface area contributed by atoms with Gasteiger partial charge in [-0.25, -0.2) is 4.98 Å². The molecule has 0 unspecified atom stereocenters. The molecule has 0 aliphatic carbocycles. The molecular formula is C15H13N3OS. The number of nitrogens with zero attached hydrogens (tertiary/aromatic N) is 2. The maximum atomic E-state index is 5.89. The zero-order valence-electron chi connectivity index (χ0n) is 10.9. The van der Waals surface area contributed by atoms with Crippen molar-refractivity contribution in [2.24, 2.45) is 0 Å². The largest absolute Gasteiger partial charge is 0.497 e. The number of rotatable bonds is 3. The Morgan fingerprint density at radius 2 is 1.90 bits per heavy atom. The third kappa shape index (κ3) is 2.35. The Bertz CT molecular complexity index is 725. The molecule has 0 atom stereocenters. The molecular weight excluding hydrogens is 270 g/mol. The number of hydrogen-bond acceptors (Lipinski definition) is 5. The number of hydrogen-bond donors (Lipinski definition) is 1. The SMILES string of the molecule is COc1cccc(-c2nc(N)sc2-c2ccncc2)c1. The number of pyridine rings is 1. The van der Waals surface area contributed by atoms with Crippen molar-refractivity contribution >= 4 is 16.5 Å². The van der Waals surface area contributed by atoms with Gasteiger partial charge in [0.15, 0.2) is 5.13 Å². The third-order valence-electron chi connectivity index (χ3n) is 2.93. The zero-order valence-corrected chi connectivity index (χ0v) is 11.7. The number of ether oxygens (including phenoxy) is 1. The summed E-state index contributed by atoms with van der Waals surface area (Å²) in [5.74, 6) is 0.801. The van der Waals surface area contributed by atoms with Gasteiger partial charge in [-0.3, -0.25) is 4.98 Å². The Morgan fingerprint density at radius 3 is 2.65 bits per heavy atom. The van der Waals surface area contributed by atoms with E-state index in [2.05, 4.69) is 9.97 Å². The van der Waals surface area contributed by atoms with Gasteiger partial charge in [0, 0.05) is 18.0 Å². The first-order valence-corrected chi connectivity index (χ1v) is 6.90. The van der Waals surface area contributed by atoms with Gasteiger partial charge in [-0.15, -0.1) is 0 Å². The van der Waals surface area contributed by atoms with Gasteiger partial charge in [0.05, 0.1) is 17.7 Å². The van der Waals surface area contributed by atoms with E-state index < -0.39 is 0 Å².